The summed E-state index contributed by atoms with van der Waals surface area (Å²) < 4.78 is 5.34. The number of carbonyl (C=O) groups excluding carboxylic acids is 1. The fraction of sp³-hybridized carbons (Fsp3) is 0.182. The van der Waals surface area contributed by atoms with Crippen molar-refractivity contribution >= 4 is 28.0 Å². The van der Waals surface area contributed by atoms with E-state index in [2.05, 4.69) is 15.9 Å². The molecular formula is C11H11BrO3. The van der Waals surface area contributed by atoms with Crippen molar-refractivity contribution in [3.63, 3.8) is 0 Å². The van der Waals surface area contributed by atoms with Gasteiger partial charge in [-0.2, -0.15) is 0 Å². The van der Waals surface area contributed by atoms with E-state index in [0.717, 1.165) is 5.56 Å². The third-order valence-electron chi connectivity index (χ3n) is 1.67. The maximum absolute atomic E-state index is 11.0. The summed E-state index contributed by atoms with van der Waals surface area (Å²) >= 11 is 3.17. The van der Waals surface area contributed by atoms with Gasteiger partial charge in [0.05, 0.1) is 11.1 Å². The van der Waals surface area contributed by atoms with E-state index in [0.29, 0.717) is 11.1 Å². The fourth-order valence-corrected chi connectivity index (χ4v) is 1.23. The molecule has 0 unspecified atom stereocenters. The molecule has 0 spiro atoms. The van der Waals surface area contributed by atoms with Crippen molar-refractivity contribution in [1.29, 1.82) is 0 Å². The minimum absolute atomic E-state index is 0.140. The number of halogens is 1. The van der Waals surface area contributed by atoms with Crippen LogP contribution in [0.1, 0.15) is 12.5 Å². The molecule has 0 bridgehead atoms. The lowest BCUT2D eigenvalue weighted by atomic mass is 10.2. The van der Waals surface area contributed by atoms with Crippen LogP contribution in [0.25, 0.3) is 6.08 Å². The second-order valence-corrected chi connectivity index (χ2v) is 3.65. The van der Waals surface area contributed by atoms with Crippen molar-refractivity contribution < 1.29 is 14.6 Å². The molecule has 1 aromatic rings. The van der Waals surface area contributed by atoms with Gasteiger partial charge in [0.1, 0.15) is 5.75 Å². The van der Waals surface area contributed by atoms with Crippen molar-refractivity contribution in [1.82, 2.24) is 0 Å². The van der Waals surface area contributed by atoms with E-state index in [1.165, 1.54) is 6.08 Å². The molecule has 0 saturated heterocycles. The first-order chi connectivity index (χ1) is 7.13. The second-order valence-electron chi connectivity index (χ2n) is 2.80. The predicted octanol–water partition coefficient (Wildman–Crippen LogP) is 2.73. The van der Waals surface area contributed by atoms with E-state index in [1.807, 2.05) is 0 Å². The normalized spacial score (nSPS) is 10.5. The Balaban J connectivity index is 2.72. The zero-order valence-corrected chi connectivity index (χ0v) is 9.82. The van der Waals surface area contributed by atoms with E-state index in [1.54, 1.807) is 31.2 Å². The molecule has 4 heteroatoms. The van der Waals surface area contributed by atoms with Crippen LogP contribution < -0.4 is 0 Å². The maximum Gasteiger partial charge on any atom is 0.330 e. The highest BCUT2D eigenvalue weighted by Crippen LogP contribution is 2.24. The van der Waals surface area contributed by atoms with Crippen LogP contribution in [-0.4, -0.2) is 17.7 Å². The topological polar surface area (TPSA) is 46.5 Å². The van der Waals surface area contributed by atoms with Crippen LogP contribution in [0.4, 0.5) is 0 Å². The molecule has 0 amide bonds. The van der Waals surface area contributed by atoms with Gasteiger partial charge in [-0.25, -0.2) is 4.79 Å². The van der Waals surface area contributed by atoms with Gasteiger partial charge in [0.15, 0.2) is 0 Å². The molecule has 1 rings (SSSR count). The average Bonchev–Trinajstić information content (AvgIpc) is 2.20. The molecule has 15 heavy (non-hydrogen) atoms. The van der Waals surface area contributed by atoms with Gasteiger partial charge in [-0.15, -0.1) is 0 Å². The van der Waals surface area contributed by atoms with Gasteiger partial charge in [0.25, 0.3) is 0 Å². The van der Waals surface area contributed by atoms with E-state index >= 15 is 0 Å². The van der Waals surface area contributed by atoms with Crippen LogP contribution >= 0.6 is 15.9 Å². The molecule has 1 aromatic carbocycles. The molecule has 0 heterocycles. The molecule has 80 valence electrons. The summed E-state index contributed by atoms with van der Waals surface area (Å²) in [5, 5.41) is 9.37. The molecule has 0 saturated carbocycles. The van der Waals surface area contributed by atoms with Crippen LogP contribution in [-0.2, 0) is 9.53 Å². The SMILES string of the molecule is CCOC(=O)C=Cc1ccc(Br)c(O)c1. The number of benzene rings is 1. The third-order valence-corrected chi connectivity index (χ3v) is 2.34. The zero-order chi connectivity index (χ0) is 11.3. The third kappa shape index (κ3) is 3.75. The number of phenols is 1. The standard InChI is InChI=1S/C11H11BrO3/c1-2-15-11(14)6-4-8-3-5-9(12)10(13)7-8/h3-7,13H,2H2,1H3. The summed E-state index contributed by atoms with van der Waals surface area (Å²) in [5.74, 6) is -0.249. The number of aromatic hydroxyl groups is 1. The number of hydrogen-bond acceptors (Lipinski definition) is 3. The van der Waals surface area contributed by atoms with Gasteiger partial charge in [-0.05, 0) is 46.6 Å². The highest BCUT2D eigenvalue weighted by atomic mass is 79.9. The zero-order valence-electron chi connectivity index (χ0n) is 8.24. The summed E-state index contributed by atoms with van der Waals surface area (Å²) in [7, 11) is 0. The molecule has 0 fully saturated rings. The molecular weight excluding hydrogens is 260 g/mol. The number of esters is 1. The molecule has 0 atom stereocenters. The highest BCUT2D eigenvalue weighted by molar-refractivity contribution is 9.10. The lowest BCUT2D eigenvalue weighted by molar-refractivity contribution is -0.137. The van der Waals surface area contributed by atoms with Gasteiger partial charge in [0, 0.05) is 6.08 Å². The number of carbonyl (C=O) groups is 1. The predicted molar refractivity (Wildman–Crippen MR) is 61.5 cm³/mol. The van der Waals surface area contributed by atoms with Crippen molar-refractivity contribution in [2.24, 2.45) is 0 Å². The molecule has 3 nitrogen and oxygen atoms in total. The molecule has 0 aliphatic carbocycles. The Kier molecular flexibility index (Phi) is 4.37. The Hall–Kier alpha value is -1.29. The summed E-state index contributed by atoms with van der Waals surface area (Å²) in [4.78, 5) is 11.0. The highest BCUT2D eigenvalue weighted by Gasteiger charge is 1.98. The molecule has 0 aromatic heterocycles. The van der Waals surface area contributed by atoms with Crippen LogP contribution in [0.2, 0.25) is 0 Å². The van der Waals surface area contributed by atoms with Crippen molar-refractivity contribution in [2.75, 3.05) is 6.61 Å². The summed E-state index contributed by atoms with van der Waals surface area (Å²) in [6.45, 7) is 2.10. The Morgan fingerprint density at radius 1 is 1.60 bits per heavy atom. The minimum Gasteiger partial charge on any atom is -0.507 e. The van der Waals surface area contributed by atoms with Crippen LogP contribution in [0.15, 0.2) is 28.7 Å². The lowest BCUT2D eigenvalue weighted by Gasteiger charge is -1.98. The maximum atomic E-state index is 11.0. The Morgan fingerprint density at radius 3 is 2.93 bits per heavy atom. The van der Waals surface area contributed by atoms with E-state index in [9.17, 15) is 9.90 Å². The molecule has 0 radical (unpaired) electrons. The molecule has 0 aliphatic heterocycles. The van der Waals surface area contributed by atoms with Gasteiger partial charge < -0.3 is 9.84 Å². The first kappa shape index (κ1) is 11.8. The fourth-order valence-electron chi connectivity index (χ4n) is 0.988. The molecule has 1 N–H and O–H groups in total. The van der Waals surface area contributed by atoms with E-state index in [4.69, 9.17) is 4.74 Å². The number of phenolic OH excluding ortho intramolecular Hbond substituents is 1. The van der Waals surface area contributed by atoms with Gasteiger partial charge in [0.2, 0.25) is 0 Å². The first-order valence-electron chi connectivity index (χ1n) is 4.47. The largest absolute Gasteiger partial charge is 0.507 e. The average molecular weight is 271 g/mol. The first-order valence-corrected chi connectivity index (χ1v) is 5.26. The van der Waals surface area contributed by atoms with Crippen molar-refractivity contribution in [3.05, 3.63) is 34.3 Å². The number of hydrogen-bond donors (Lipinski definition) is 1. The Labute approximate surface area is 96.5 Å². The lowest BCUT2D eigenvalue weighted by Crippen LogP contribution is -1.98. The summed E-state index contributed by atoms with van der Waals surface area (Å²) in [5.41, 5.74) is 0.740. The van der Waals surface area contributed by atoms with Crippen molar-refractivity contribution in [2.45, 2.75) is 6.92 Å². The minimum atomic E-state index is -0.389. The van der Waals surface area contributed by atoms with Crippen LogP contribution in [0.5, 0.6) is 5.75 Å². The van der Waals surface area contributed by atoms with E-state index < -0.39 is 0 Å². The summed E-state index contributed by atoms with van der Waals surface area (Å²) in [6, 6.07) is 5.04. The Bertz CT molecular complexity index is 385. The number of rotatable bonds is 3. The second kappa shape index (κ2) is 5.56. The number of ether oxygens (including phenoxy) is 1. The van der Waals surface area contributed by atoms with Gasteiger partial charge >= 0.3 is 5.97 Å². The smallest absolute Gasteiger partial charge is 0.330 e. The monoisotopic (exact) mass is 270 g/mol. The molecule has 0 aliphatic rings. The van der Waals surface area contributed by atoms with E-state index in [-0.39, 0.29) is 11.7 Å². The quantitative estimate of drug-likeness (QED) is 0.679. The van der Waals surface area contributed by atoms with Crippen LogP contribution in [0.3, 0.4) is 0 Å². The van der Waals surface area contributed by atoms with Crippen molar-refractivity contribution in [3.8, 4) is 5.75 Å². The van der Waals surface area contributed by atoms with Crippen LogP contribution in [0, 0.1) is 0 Å². The van der Waals surface area contributed by atoms with Gasteiger partial charge in [-0.1, -0.05) is 6.07 Å². The Morgan fingerprint density at radius 2 is 2.33 bits per heavy atom. The van der Waals surface area contributed by atoms with Gasteiger partial charge in [-0.3, -0.25) is 0 Å². The summed E-state index contributed by atoms with van der Waals surface area (Å²) in [6.07, 6.45) is 2.91.